The molecule has 0 aliphatic heterocycles. The van der Waals surface area contributed by atoms with E-state index in [0.717, 1.165) is 21.8 Å². The first-order chi connectivity index (χ1) is 12.6. The smallest absolute Gasteiger partial charge is 0.251 e. The standard InChI is InChI=1S/C20H20N2O3S/c1-13-22-19(12-26-13)15-6-4-14(5-7-15)11-21-20(23)16-8-17(24-2)10-18(9-16)25-3/h4-10,12H,11H2,1-3H3,(H,21,23). The normalized spacial score (nSPS) is 10.4. The van der Waals surface area contributed by atoms with E-state index >= 15 is 0 Å². The van der Waals surface area contributed by atoms with Gasteiger partial charge in [0.15, 0.2) is 0 Å². The molecule has 0 spiro atoms. The molecule has 0 radical (unpaired) electrons. The van der Waals surface area contributed by atoms with Crippen molar-refractivity contribution in [2.24, 2.45) is 0 Å². The molecule has 0 saturated heterocycles. The molecular weight excluding hydrogens is 348 g/mol. The monoisotopic (exact) mass is 368 g/mol. The quantitative estimate of drug-likeness (QED) is 0.713. The van der Waals surface area contributed by atoms with Crippen LogP contribution >= 0.6 is 11.3 Å². The fourth-order valence-corrected chi connectivity index (χ4v) is 3.13. The summed E-state index contributed by atoms with van der Waals surface area (Å²) in [4.78, 5) is 16.9. The molecule has 0 aliphatic rings. The van der Waals surface area contributed by atoms with Crippen molar-refractivity contribution in [1.29, 1.82) is 0 Å². The molecule has 134 valence electrons. The number of methoxy groups -OCH3 is 2. The van der Waals surface area contributed by atoms with Crippen molar-refractivity contribution >= 4 is 17.2 Å². The van der Waals surface area contributed by atoms with Gasteiger partial charge < -0.3 is 14.8 Å². The van der Waals surface area contributed by atoms with Crippen molar-refractivity contribution in [2.75, 3.05) is 14.2 Å². The minimum Gasteiger partial charge on any atom is -0.497 e. The summed E-state index contributed by atoms with van der Waals surface area (Å²) >= 11 is 1.63. The van der Waals surface area contributed by atoms with Crippen molar-refractivity contribution in [2.45, 2.75) is 13.5 Å². The predicted molar refractivity (Wildman–Crippen MR) is 103 cm³/mol. The van der Waals surface area contributed by atoms with Crippen LogP contribution in [-0.2, 0) is 6.54 Å². The van der Waals surface area contributed by atoms with Gasteiger partial charge in [-0.2, -0.15) is 0 Å². The van der Waals surface area contributed by atoms with Crippen molar-refractivity contribution in [3.8, 4) is 22.8 Å². The van der Waals surface area contributed by atoms with Gasteiger partial charge in [0.2, 0.25) is 0 Å². The van der Waals surface area contributed by atoms with Gasteiger partial charge in [-0.05, 0) is 24.6 Å². The molecule has 3 aromatic rings. The molecule has 0 fully saturated rings. The molecule has 2 aromatic carbocycles. The minimum atomic E-state index is -0.179. The van der Waals surface area contributed by atoms with Gasteiger partial charge in [-0.15, -0.1) is 11.3 Å². The zero-order chi connectivity index (χ0) is 18.5. The Morgan fingerprint density at radius 3 is 2.27 bits per heavy atom. The summed E-state index contributed by atoms with van der Waals surface area (Å²) < 4.78 is 10.4. The van der Waals surface area contributed by atoms with E-state index in [9.17, 15) is 4.79 Å². The van der Waals surface area contributed by atoms with Gasteiger partial charge in [-0.1, -0.05) is 24.3 Å². The van der Waals surface area contributed by atoms with Crippen molar-refractivity contribution < 1.29 is 14.3 Å². The molecule has 0 saturated carbocycles. The Morgan fingerprint density at radius 2 is 1.73 bits per heavy atom. The Labute approximate surface area is 156 Å². The van der Waals surface area contributed by atoms with Gasteiger partial charge in [0.25, 0.3) is 5.91 Å². The number of benzene rings is 2. The molecule has 1 aromatic heterocycles. The highest BCUT2D eigenvalue weighted by Crippen LogP contribution is 2.23. The first-order valence-electron chi connectivity index (χ1n) is 8.12. The van der Waals surface area contributed by atoms with Crippen LogP contribution in [0.5, 0.6) is 11.5 Å². The van der Waals surface area contributed by atoms with Crippen LogP contribution in [0.1, 0.15) is 20.9 Å². The van der Waals surface area contributed by atoms with Gasteiger partial charge in [-0.25, -0.2) is 4.98 Å². The van der Waals surface area contributed by atoms with Crippen LogP contribution in [0, 0.1) is 6.92 Å². The van der Waals surface area contributed by atoms with Gasteiger partial charge in [0.1, 0.15) is 11.5 Å². The lowest BCUT2D eigenvalue weighted by Crippen LogP contribution is -2.22. The molecule has 1 heterocycles. The second-order valence-electron chi connectivity index (χ2n) is 5.73. The fourth-order valence-electron chi connectivity index (χ4n) is 2.51. The molecule has 0 bridgehead atoms. The average Bonchev–Trinajstić information content (AvgIpc) is 3.12. The topological polar surface area (TPSA) is 60.5 Å². The molecule has 6 heteroatoms. The number of rotatable bonds is 6. The number of nitrogens with zero attached hydrogens (tertiary/aromatic N) is 1. The largest absolute Gasteiger partial charge is 0.497 e. The van der Waals surface area contributed by atoms with E-state index in [0.29, 0.717) is 23.6 Å². The van der Waals surface area contributed by atoms with E-state index in [1.807, 2.05) is 36.6 Å². The number of carbonyl (C=O) groups excluding carboxylic acids is 1. The highest BCUT2D eigenvalue weighted by molar-refractivity contribution is 7.09. The molecule has 0 atom stereocenters. The van der Waals surface area contributed by atoms with E-state index in [2.05, 4.69) is 10.3 Å². The van der Waals surface area contributed by atoms with E-state index < -0.39 is 0 Å². The number of hydrogen-bond acceptors (Lipinski definition) is 5. The van der Waals surface area contributed by atoms with Crippen LogP contribution in [0.4, 0.5) is 0 Å². The third kappa shape index (κ3) is 4.21. The second-order valence-corrected chi connectivity index (χ2v) is 6.79. The summed E-state index contributed by atoms with van der Waals surface area (Å²) in [5.74, 6) is 0.983. The van der Waals surface area contributed by atoms with E-state index in [-0.39, 0.29) is 5.91 Å². The maximum Gasteiger partial charge on any atom is 0.251 e. The lowest BCUT2D eigenvalue weighted by Gasteiger charge is -2.09. The molecular formula is C20H20N2O3S. The number of amides is 1. The highest BCUT2D eigenvalue weighted by atomic mass is 32.1. The number of aromatic nitrogens is 1. The number of aryl methyl sites for hydroxylation is 1. The fraction of sp³-hybridized carbons (Fsp3) is 0.200. The summed E-state index contributed by atoms with van der Waals surface area (Å²) in [5.41, 5.74) is 3.56. The Morgan fingerprint density at radius 1 is 1.08 bits per heavy atom. The van der Waals surface area contributed by atoms with Crippen LogP contribution in [0.15, 0.2) is 47.8 Å². The molecule has 0 unspecified atom stereocenters. The zero-order valence-corrected chi connectivity index (χ0v) is 15.7. The Hall–Kier alpha value is -2.86. The number of carbonyl (C=O) groups is 1. The van der Waals surface area contributed by atoms with Gasteiger partial charge in [0, 0.05) is 29.1 Å². The third-order valence-corrected chi connectivity index (χ3v) is 4.71. The summed E-state index contributed by atoms with van der Waals surface area (Å²) in [6, 6.07) is 13.1. The first-order valence-corrected chi connectivity index (χ1v) is 8.99. The minimum absolute atomic E-state index is 0.179. The van der Waals surface area contributed by atoms with Crippen LogP contribution in [0.2, 0.25) is 0 Å². The van der Waals surface area contributed by atoms with Gasteiger partial charge >= 0.3 is 0 Å². The van der Waals surface area contributed by atoms with Crippen LogP contribution in [0.3, 0.4) is 0 Å². The Kier molecular flexibility index (Phi) is 5.53. The molecule has 1 amide bonds. The number of nitrogens with one attached hydrogen (secondary N) is 1. The molecule has 3 rings (SSSR count). The lowest BCUT2D eigenvalue weighted by molar-refractivity contribution is 0.0950. The molecule has 26 heavy (non-hydrogen) atoms. The predicted octanol–water partition coefficient (Wildman–Crippen LogP) is 4.07. The van der Waals surface area contributed by atoms with Crippen LogP contribution in [-0.4, -0.2) is 25.1 Å². The number of thiazole rings is 1. The molecule has 1 N–H and O–H groups in total. The van der Waals surface area contributed by atoms with E-state index in [1.165, 1.54) is 0 Å². The van der Waals surface area contributed by atoms with Crippen LogP contribution in [0.25, 0.3) is 11.3 Å². The summed E-state index contributed by atoms with van der Waals surface area (Å²) in [6.45, 7) is 2.43. The van der Waals surface area contributed by atoms with Crippen molar-refractivity contribution in [3.05, 3.63) is 64.0 Å². The average molecular weight is 368 g/mol. The third-order valence-electron chi connectivity index (χ3n) is 3.94. The zero-order valence-electron chi connectivity index (χ0n) is 14.9. The Bertz CT molecular complexity index is 881. The summed E-state index contributed by atoms with van der Waals surface area (Å²) in [7, 11) is 3.11. The van der Waals surface area contributed by atoms with Crippen LogP contribution < -0.4 is 14.8 Å². The second kappa shape index (κ2) is 8.01. The lowest BCUT2D eigenvalue weighted by atomic mass is 10.1. The maximum absolute atomic E-state index is 12.4. The van der Waals surface area contributed by atoms with Crippen molar-refractivity contribution in [3.63, 3.8) is 0 Å². The Balaban J connectivity index is 1.66. The number of ether oxygens (including phenoxy) is 2. The van der Waals surface area contributed by atoms with Crippen molar-refractivity contribution in [1.82, 2.24) is 10.3 Å². The van der Waals surface area contributed by atoms with E-state index in [4.69, 9.17) is 9.47 Å². The van der Waals surface area contributed by atoms with Gasteiger partial charge in [-0.3, -0.25) is 4.79 Å². The molecule has 0 aliphatic carbocycles. The van der Waals surface area contributed by atoms with Gasteiger partial charge in [0.05, 0.1) is 24.9 Å². The van der Waals surface area contributed by atoms with E-state index in [1.54, 1.807) is 43.8 Å². The maximum atomic E-state index is 12.4. The SMILES string of the molecule is COc1cc(OC)cc(C(=O)NCc2ccc(-c3csc(C)n3)cc2)c1. The first kappa shape index (κ1) is 17.9. The summed E-state index contributed by atoms with van der Waals surface area (Å²) in [5, 5.41) is 6.01. The highest BCUT2D eigenvalue weighted by Gasteiger charge is 2.10. The summed E-state index contributed by atoms with van der Waals surface area (Å²) in [6.07, 6.45) is 0. The molecule has 5 nitrogen and oxygen atoms in total. The number of hydrogen-bond donors (Lipinski definition) is 1.